The summed E-state index contributed by atoms with van der Waals surface area (Å²) >= 11 is 0. The fraction of sp³-hybridized carbons (Fsp3) is 0.562. The van der Waals surface area contributed by atoms with E-state index in [1.54, 1.807) is 0 Å². The molecule has 2 atom stereocenters. The minimum atomic E-state index is -0.922. The molecule has 1 heterocycles. The fourth-order valence-electron chi connectivity index (χ4n) is 2.64. The number of methoxy groups -OCH3 is 1. The molecule has 0 radical (unpaired) electrons. The lowest BCUT2D eigenvalue weighted by Gasteiger charge is -2.37. The SMILES string of the molecule is COC(=O)CC1CN(CC(C)(O)c2ccccc2)CCO1. The molecule has 1 fully saturated rings. The lowest BCUT2D eigenvalue weighted by molar-refractivity contribution is -0.146. The summed E-state index contributed by atoms with van der Waals surface area (Å²) in [5.41, 5.74) is -0.0324. The number of rotatable bonds is 5. The van der Waals surface area contributed by atoms with Gasteiger partial charge in [-0.1, -0.05) is 30.3 Å². The van der Waals surface area contributed by atoms with Gasteiger partial charge in [-0.05, 0) is 12.5 Å². The zero-order valence-electron chi connectivity index (χ0n) is 12.6. The third kappa shape index (κ3) is 4.52. The van der Waals surface area contributed by atoms with Crippen LogP contribution in [0.5, 0.6) is 0 Å². The van der Waals surface area contributed by atoms with Crippen LogP contribution in [0.1, 0.15) is 18.9 Å². The minimum absolute atomic E-state index is 0.169. The maximum absolute atomic E-state index is 11.3. The number of esters is 1. The van der Waals surface area contributed by atoms with Crippen LogP contribution < -0.4 is 0 Å². The van der Waals surface area contributed by atoms with Gasteiger partial charge in [0, 0.05) is 19.6 Å². The second kappa shape index (κ2) is 7.02. The van der Waals surface area contributed by atoms with Gasteiger partial charge in [-0.3, -0.25) is 9.69 Å². The van der Waals surface area contributed by atoms with Gasteiger partial charge in [-0.2, -0.15) is 0 Å². The van der Waals surface area contributed by atoms with Gasteiger partial charge in [0.15, 0.2) is 0 Å². The molecule has 1 aromatic rings. The van der Waals surface area contributed by atoms with E-state index in [1.165, 1.54) is 7.11 Å². The van der Waals surface area contributed by atoms with E-state index in [9.17, 15) is 9.90 Å². The van der Waals surface area contributed by atoms with Crippen molar-refractivity contribution in [3.8, 4) is 0 Å². The maximum atomic E-state index is 11.3. The summed E-state index contributed by atoms with van der Waals surface area (Å²) in [7, 11) is 1.38. The average molecular weight is 293 g/mol. The van der Waals surface area contributed by atoms with Crippen LogP contribution in [0.3, 0.4) is 0 Å². The third-order valence-corrected chi connectivity index (χ3v) is 3.77. The number of nitrogens with zero attached hydrogens (tertiary/aromatic N) is 1. The Labute approximate surface area is 125 Å². The molecule has 1 aliphatic heterocycles. The van der Waals surface area contributed by atoms with Crippen molar-refractivity contribution in [3.63, 3.8) is 0 Å². The van der Waals surface area contributed by atoms with E-state index in [1.807, 2.05) is 37.3 Å². The van der Waals surface area contributed by atoms with Crippen molar-refractivity contribution in [3.05, 3.63) is 35.9 Å². The Morgan fingerprint density at radius 2 is 2.19 bits per heavy atom. The molecule has 116 valence electrons. The Bertz CT molecular complexity index is 461. The second-order valence-electron chi connectivity index (χ2n) is 5.65. The van der Waals surface area contributed by atoms with E-state index in [-0.39, 0.29) is 18.5 Å². The van der Waals surface area contributed by atoms with E-state index < -0.39 is 5.60 Å². The van der Waals surface area contributed by atoms with E-state index in [2.05, 4.69) is 9.64 Å². The number of β-amino-alcohol motifs (C(OH)–C–C–N with tert-alkyl or cyclic N) is 1. The minimum Gasteiger partial charge on any atom is -0.469 e. The highest BCUT2D eigenvalue weighted by Gasteiger charge is 2.30. The zero-order chi connectivity index (χ0) is 15.3. The summed E-state index contributed by atoms with van der Waals surface area (Å²) in [4.78, 5) is 13.5. The van der Waals surface area contributed by atoms with Crippen molar-refractivity contribution in [1.82, 2.24) is 4.90 Å². The van der Waals surface area contributed by atoms with Gasteiger partial charge in [0.25, 0.3) is 0 Å². The number of benzene rings is 1. The predicted molar refractivity (Wildman–Crippen MR) is 78.8 cm³/mol. The van der Waals surface area contributed by atoms with Crippen LogP contribution in [0, 0.1) is 0 Å². The largest absolute Gasteiger partial charge is 0.469 e. The van der Waals surface area contributed by atoms with Gasteiger partial charge in [0.1, 0.15) is 0 Å². The van der Waals surface area contributed by atoms with Crippen LogP contribution in [0.2, 0.25) is 0 Å². The van der Waals surface area contributed by atoms with E-state index in [0.717, 1.165) is 12.1 Å². The van der Waals surface area contributed by atoms with Gasteiger partial charge >= 0.3 is 5.97 Å². The van der Waals surface area contributed by atoms with Crippen molar-refractivity contribution in [1.29, 1.82) is 0 Å². The van der Waals surface area contributed by atoms with Gasteiger partial charge in [-0.25, -0.2) is 0 Å². The van der Waals surface area contributed by atoms with Gasteiger partial charge in [0.05, 0.1) is 31.8 Å². The Morgan fingerprint density at radius 3 is 2.86 bits per heavy atom. The van der Waals surface area contributed by atoms with Crippen LogP contribution in [-0.4, -0.2) is 55.4 Å². The molecule has 0 aliphatic carbocycles. The van der Waals surface area contributed by atoms with Gasteiger partial charge < -0.3 is 14.6 Å². The summed E-state index contributed by atoms with van der Waals surface area (Å²) < 4.78 is 10.2. The Hall–Kier alpha value is -1.43. The van der Waals surface area contributed by atoms with Crippen LogP contribution in [0.15, 0.2) is 30.3 Å². The van der Waals surface area contributed by atoms with E-state index in [0.29, 0.717) is 19.7 Å². The smallest absolute Gasteiger partial charge is 0.308 e. The molecule has 1 saturated heterocycles. The quantitative estimate of drug-likeness (QED) is 0.826. The third-order valence-electron chi connectivity index (χ3n) is 3.77. The standard InChI is InChI=1S/C16H23NO4/c1-16(19,13-6-4-3-5-7-13)12-17-8-9-21-14(11-17)10-15(18)20-2/h3-7,14,19H,8-12H2,1-2H3. The first kappa shape index (κ1) is 15.9. The topological polar surface area (TPSA) is 59.0 Å². The molecule has 1 aliphatic rings. The monoisotopic (exact) mass is 293 g/mol. The van der Waals surface area contributed by atoms with E-state index >= 15 is 0 Å². The Balaban J connectivity index is 1.94. The second-order valence-corrected chi connectivity index (χ2v) is 5.65. The summed E-state index contributed by atoms with van der Waals surface area (Å²) in [5.74, 6) is -0.267. The first-order chi connectivity index (χ1) is 10.0. The first-order valence-electron chi connectivity index (χ1n) is 7.20. The van der Waals surface area contributed by atoms with Crippen LogP contribution in [-0.2, 0) is 19.9 Å². The number of carbonyl (C=O) groups is 1. The normalized spacial score (nSPS) is 22.5. The van der Waals surface area contributed by atoms with Crippen molar-refractivity contribution >= 4 is 5.97 Å². The average Bonchev–Trinajstić information content (AvgIpc) is 2.48. The summed E-state index contributed by atoms with van der Waals surface area (Å²) in [6.45, 7) is 4.26. The van der Waals surface area contributed by atoms with Crippen molar-refractivity contribution < 1.29 is 19.4 Å². The summed E-state index contributed by atoms with van der Waals surface area (Å²) in [6.07, 6.45) is 0.0817. The molecule has 2 unspecified atom stereocenters. The Kier molecular flexibility index (Phi) is 5.33. The lowest BCUT2D eigenvalue weighted by Crippen LogP contribution is -2.48. The number of morpholine rings is 1. The molecule has 0 spiro atoms. The molecule has 0 saturated carbocycles. The molecular weight excluding hydrogens is 270 g/mol. The lowest BCUT2D eigenvalue weighted by atomic mass is 9.95. The van der Waals surface area contributed by atoms with E-state index in [4.69, 9.17) is 4.74 Å². The molecule has 5 nitrogen and oxygen atoms in total. The molecule has 0 bridgehead atoms. The maximum Gasteiger partial charge on any atom is 0.308 e. The Morgan fingerprint density at radius 1 is 1.48 bits per heavy atom. The zero-order valence-corrected chi connectivity index (χ0v) is 12.6. The molecule has 0 aromatic heterocycles. The van der Waals surface area contributed by atoms with Crippen LogP contribution >= 0.6 is 0 Å². The van der Waals surface area contributed by atoms with Crippen molar-refractivity contribution in [2.24, 2.45) is 0 Å². The summed E-state index contributed by atoms with van der Waals surface area (Å²) in [5, 5.41) is 10.7. The number of carbonyl (C=O) groups excluding carboxylic acids is 1. The molecular formula is C16H23NO4. The van der Waals surface area contributed by atoms with Crippen molar-refractivity contribution in [2.75, 3.05) is 33.4 Å². The molecule has 1 N–H and O–H groups in total. The van der Waals surface area contributed by atoms with Crippen LogP contribution in [0.25, 0.3) is 0 Å². The van der Waals surface area contributed by atoms with Gasteiger partial charge in [-0.15, -0.1) is 0 Å². The number of hydrogen-bond acceptors (Lipinski definition) is 5. The number of hydrogen-bond donors (Lipinski definition) is 1. The first-order valence-corrected chi connectivity index (χ1v) is 7.20. The molecule has 0 amide bonds. The number of aliphatic hydroxyl groups is 1. The predicted octanol–water partition coefficient (Wildman–Crippen LogP) is 1.16. The number of ether oxygens (including phenoxy) is 2. The van der Waals surface area contributed by atoms with Crippen molar-refractivity contribution in [2.45, 2.75) is 25.0 Å². The molecule has 1 aromatic carbocycles. The molecule has 21 heavy (non-hydrogen) atoms. The van der Waals surface area contributed by atoms with Crippen LogP contribution in [0.4, 0.5) is 0 Å². The highest BCUT2D eigenvalue weighted by atomic mass is 16.5. The molecule has 5 heteroatoms. The molecule has 2 rings (SSSR count). The fourth-order valence-corrected chi connectivity index (χ4v) is 2.64. The summed E-state index contributed by atoms with van der Waals surface area (Å²) in [6, 6.07) is 9.62. The highest BCUT2D eigenvalue weighted by Crippen LogP contribution is 2.23. The van der Waals surface area contributed by atoms with Gasteiger partial charge in [0.2, 0.25) is 0 Å². The highest BCUT2D eigenvalue weighted by molar-refractivity contribution is 5.69.